The molecule has 1 nitrogen and oxygen atoms in total. The summed E-state index contributed by atoms with van der Waals surface area (Å²) in [5.74, 6) is 0. The van der Waals surface area contributed by atoms with Crippen molar-refractivity contribution in [2.24, 2.45) is 0 Å². The molecule has 0 N–H and O–H groups in total. The van der Waals surface area contributed by atoms with E-state index in [0.717, 1.165) is 29.9 Å². The van der Waals surface area contributed by atoms with E-state index in [4.69, 9.17) is 0 Å². The van der Waals surface area contributed by atoms with Gasteiger partial charge in [-0.1, -0.05) is 197 Å². The molecule has 0 amide bonds. The monoisotopic (exact) mass is 807 g/mol. The highest BCUT2D eigenvalue weighted by atomic mass is 15.1. The molecule has 10 aromatic rings. The third-order valence-corrected chi connectivity index (χ3v) is 13.1. The Morgan fingerprint density at radius 2 is 0.984 bits per heavy atom. The average Bonchev–Trinajstić information content (AvgIpc) is 3.34. The predicted octanol–water partition coefficient (Wildman–Crippen LogP) is 17.5. The van der Waals surface area contributed by atoms with E-state index >= 15 is 0 Å². The third-order valence-electron chi connectivity index (χ3n) is 13.1. The number of anilines is 3. The average molecular weight is 808 g/mol. The molecule has 0 fully saturated rings. The van der Waals surface area contributed by atoms with Crippen LogP contribution in [-0.2, 0) is 11.8 Å². The number of rotatable bonds is 7. The Morgan fingerprint density at radius 1 is 0.413 bits per heavy atom. The summed E-state index contributed by atoms with van der Waals surface area (Å²) in [4.78, 5) is 2.45. The van der Waals surface area contributed by atoms with Crippen LogP contribution in [-0.4, -0.2) is 0 Å². The summed E-state index contributed by atoms with van der Waals surface area (Å²) in [7, 11) is 0. The molecule has 0 aliphatic heterocycles. The fourth-order valence-electron chi connectivity index (χ4n) is 9.97. The smallest absolute Gasteiger partial charge is 0.0468 e. The molecular weight excluding hydrogens is 759 g/mol. The molecule has 1 aliphatic carbocycles. The molecule has 0 atom stereocenters. The van der Waals surface area contributed by atoms with Gasteiger partial charge in [-0.3, -0.25) is 0 Å². The molecule has 10 aromatic carbocycles. The molecule has 0 radical (unpaired) electrons. The van der Waals surface area contributed by atoms with Crippen LogP contribution in [0.5, 0.6) is 0 Å². The van der Waals surface area contributed by atoms with Gasteiger partial charge in [0.05, 0.1) is 0 Å². The first-order valence-corrected chi connectivity index (χ1v) is 22.3. The van der Waals surface area contributed by atoms with Crippen molar-refractivity contribution >= 4 is 55.5 Å². The number of benzene rings is 10. The first kappa shape index (κ1) is 38.4. The second kappa shape index (κ2) is 15.8. The van der Waals surface area contributed by atoms with E-state index in [1.807, 2.05) is 0 Å². The van der Waals surface area contributed by atoms with Crippen molar-refractivity contribution in [3.05, 3.63) is 229 Å². The second-order valence-corrected chi connectivity index (χ2v) is 18.0. The zero-order valence-electron chi connectivity index (χ0n) is 36.1. The summed E-state index contributed by atoms with van der Waals surface area (Å²) in [6.45, 7) is 6.85. The van der Waals surface area contributed by atoms with E-state index in [0.29, 0.717) is 0 Å². The third kappa shape index (κ3) is 6.91. The van der Waals surface area contributed by atoms with Crippen molar-refractivity contribution in [1.82, 2.24) is 0 Å². The number of allylic oxidation sites excluding steroid dienone is 1. The standard InChI is InChI=1S/C62H49N/c1-62(2,3)47-32-36-49(37-33-47)63(48-34-30-45(31-35-48)52-29-17-25-42-22-13-14-26-51(42)52)50-38-39-55-58(40-50)53-27-15-16-28-54(53)60-57(44-20-9-5-10-21-44)41-56(43-18-7-4-8-19-43)59(61(55)60)46-23-11-6-12-24-46/h4-14,16-26,28-41H,15,27H2,1-3H3. The van der Waals surface area contributed by atoms with Gasteiger partial charge < -0.3 is 4.90 Å². The molecule has 0 bridgehead atoms. The lowest BCUT2D eigenvalue weighted by molar-refractivity contribution is 0.590. The molecule has 302 valence electrons. The van der Waals surface area contributed by atoms with Crippen LogP contribution in [0.3, 0.4) is 0 Å². The Bertz CT molecular complexity index is 3310. The van der Waals surface area contributed by atoms with E-state index in [9.17, 15) is 0 Å². The van der Waals surface area contributed by atoms with Gasteiger partial charge in [-0.2, -0.15) is 0 Å². The van der Waals surface area contributed by atoms with Gasteiger partial charge in [0.2, 0.25) is 0 Å². The van der Waals surface area contributed by atoms with Gasteiger partial charge in [-0.05, 0) is 154 Å². The van der Waals surface area contributed by atoms with Crippen LogP contribution in [0.15, 0.2) is 212 Å². The molecule has 1 aliphatic rings. The van der Waals surface area contributed by atoms with Crippen LogP contribution in [0.25, 0.3) is 82.9 Å². The van der Waals surface area contributed by atoms with Crippen LogP contribution >= 0.6 is 0 Å². The predicted molar refractivity (Wildman–Crippen MR) is 271 cm³/mol. The van der Waals surface area contributed by atoms with Crippen LogP contribution in [0.2, 0.25) is 0 Å². The van der Waals surface area contributed by atoms with Crippen LogP contribution < -0.4 is 4.90 Å². The fraction of sp³-hybridized carbons (Fsp3) is 0.0968. The summed E-state index contributed by atoms with van der Waals surface area (Å²) in [6, 6.07) is 76.3. The minimum absolute atomic E-state index is 0.0493. The minimum Gasteiger partial charge on any atom is -0.310 e. The van der Waals surface area contributed by atoms with E-state index in [1.165, 1.54) is 93.5 Å². The summed E-state index contributed by atoms with van der Waals surface area (Å²) in [6.07, 6.45) is 6.78. The largest absolute Gasteiger partial charge is 0.310 e. The summed E-state index contributed by atoms with van der Waals surface area (Å²) >= 11 is 0. The Labute approximate surface area is 371 Å². The maximum Gasteiger partial charge on any atom is 0.0468 e. The maximum atomic E-state index is 2.48. The molecule has 0 saturated heterocycles. The van der Waals surface area contributed by atoms with Gasteiger partial charge >= 0.3 is 0 Å². The maximum absolute atomic E-state index is 2.48. The Kier molecular flexibility index (Phi) is 9.62. The Morgan fingerprint density at radius 3 is 1.67 bits per heavy atom. The SMILES string of the molecule is CC(C)(C)c1ccc(N(c2ccc(-c3cccc4ccccc34)cc2)c2ccc3c(c2)c2c(c4c(-c5ccccc5)cc(-c5ccccc5)c(-c5ccccc5)c43)C=CCC2)cc1. The summed E-state index contributed by atoms with van der Waals surface area (Å²) in [5, 5.41) is 7.74. The molecule has 0 heterocycles. The van der Waals surface area contributed by atoms with Gasteiger partial charge in [0.1, 0.15) is 0 Å². The number of hydrogen-bond acceptors (Lipinski definition) is 1. The molecule has 11 rings (SSSR count). The van der Waals surface area contributed by atoms with Crippen LogP contribution in [0, 0.1) is 0 Å². The van der Waals surface area contributed by atoms with Gasteiger partial charge in [0.15, 0.2) is 0 Å². The topological polar surface area (TPSA) is 3.24 Å². The van der Waals surface area contributed by atoms with Gasteiger partial charge in [-0.15, -0.1) is 0 Å². The first-order chi connectivity index (χ1) is 30.9. The molecule has 0 unspecified atom stereocenters. The van der Waals surface area contributed by atoms with Crippen molar-refractivity contribution in [3.63, 3.8) is 0 Å². The van der Waals surface area contributed by atoms with Crippen molar-refractivity contribution in [1.29, 1.82) is 0 Å². The minimum atomic E-state index is 0.0493. The molecule has 1 heteroatoms. The summed E-state index contributed by atoms with van der Waals surface area (Å²) in [5.41, 5.74) is 17.4. The van der Waals surface area contributed by atoms with Crippen molar-refractivity contribution in [2.75, 3.05) is 4.90 Å². The quantitative estimate of drug-likeness (QED) is 0.145. The van der Waals surface area contributed by atoms with Crippen molar-refractivity contribution in [3.8, 4) is 44.5 Å². The van der Waals surface area contributed by atoms with E-state index in [1.54, 1.807) is 0 Å². The van der Waals surface area contributed by atoms with Gasteiger partial charge in [0, 0.05) is 17.1 Å². The lowest BCUT2D eigenvalue weighted by Gasteiger charge is -2.29. The highest BCUT2D eigenvalue weighted by Crippen LogP contribution is 2.50. The Balaban J connectivity index is 1.19. The number of aryl methyl sites for hydroxylation is 1. The Hall–Kier alpha value is -7.48. The van der Waals surface area contributed by atoms with Crippen LogP contribution in [0.1, 0.15) is 43.9 Å². The lowest BCUT2D eigenvalue weighted by Crippen LogP contribution is -2.13. The normalized spacial score (nSPS) is 12.5. The molecule has 63 heavy (non-hydrogen) atoms. The second-order valence-electron chi connectivity index (χ2n) is 18.0. The zero-order valence-corrected chi connectivity index (χ0v) is 36.1. The van der Waals surface area contributed by atoms with Gasteiger partial charge in [-0.25, -0.2) is 0 Å². The van der Waals surface area contributed by atoms with Gasteiger partial charge in [0.25, 0.3) is 0 Å². The highest BCUT2D eigenvalue weighted by molar-refractivity contribution is 6.25. The van der Waals surface area contributed by atoms with E-state index in [-0.39, 0.29) is 5.41 Å². The van der Waals surface area contributed by atoms with Crippen molar-refractivity contribution in [2.45, 2.75) is 39.0 Å². The molecule has 0 aromatic heterocycles. The zero-order chi connectivity index (χ0) is 42.5. The first-order valence-electron chi connectivity index (χ1n) is 22.3. The molecular formula is C62H49N. The number of fused-ring (bicyclic) bond motifs is 7. The lowest BCUT2D eigenvalue weighted by atomic mass is 9.78. The molecule has 0 spiro atoms. The number of hydrogen-bond donors (Lipinski definition) is 0. The van der Waals surface area contributed by atoms with Crippen LogP contribution in [0.4, 0.5) is 17.1 Å². The highest BCUT2D eigenvalue weighted by Gasteiger charge is 2.25. The fourth-order valence-corrected chi connectivity index (χ4v) is 9.97. The van der Waals surface area contributed by atoms with E-state index in [2.05, 4.69) is 244 Å². The summed E-state index contributed by atoms with van der Waals surface area (Å²) < 4.78 is 0. The van der Waals surface area contributed by atoms with E-state index < -0.39 is 0 Å². The van der Waals surface area contributed by atoms with Crippen molar-refractivity contribution < 1.29 is 0 Å². The number of nitrogens with zero attached hydrogens (tertiary/aromatic N) is 1. The molecule has 0 saturated carbocycles.